The van der Waals surface area contributed by atoms with Gasteiger partial charge in [-0.25, -0.2) is 4.79 Å². The first-order chi connectivity index (χ1) is 12.0. The molecule has 152 valence electrons. The molecule has 7 nitrogen and oxygen atoms in total. The van der Waals surface area contributed by atoms with Gasteiger partial charge in [0, 0.05) is 31.7 Å². The number of piperidine rings is 2. The molecule has 0 unspecified atom stereocenters. The Morgan fingerprint density at radius 2 is 1.85 bits per heavy atom. The summed E-state index contributed by atoms with van der Waals surface area (Å²) in [6.07, 6.45) is 4.06. The molecule has 1 N–H and O–H groups in total. The Balaban J connectivity index is 2.09. The highest BCUT2D eigenvalue weighted by Gasteiger charge is 2.40. The van der Waals surface area contributed by atoms with E-state index >= 15 is 0 Å². The predicted octanol–water partition coefficient (Wildman–Crippen LogP) is 2.73. The summed E-state index contributed by atoms with van der Waals surface area (Å²) in [5.41, 5.74) is -0.577. The van der Waals surface area contributed by atoms with Crippen molar-refractivity contribution in [2.45, 2.75) is 84.4 Å². The normalized spacial score (nSPS) is 27.7. The number of carbonyl (C=O) groups excluding carboxylic acids is 1. The molecule has 2 saturated heterocycles. The highest BCUT2D eigenvalue weighted by Crippen LogP contribution is 2.28. The predicted molar refractivity (Wildman–Crippen MR) is 102 cm³/mol. The molecule has 0 saturated carbocycles. The Bertz CT molecular complexity index is 588. The molecule has 2 aliphatic rings. The molecule has 2 aliphatic heterocycles. The van der Waals surface area contributed by atoms with Crippen LogP contribution in [-0.2, 0) is 14.9 Å². The molecule has 0 bridgehead atoms. The van der Waals surface area contributed by atoms with E-state index in [-0.39, 0.29) is 12.1 Å². The van der Waals surface area contributed by atoms with Crippen LogP contribution < -0.4 is 5.32 Å². The van der Waals surface area contributed by atoms with Crippen molar-refractivity contribution in [1.29, 1.82) is 0 Å². The third kappa shape index (κ3) is 5.57. The van der Waals surface area contributed by atoms with Crippen LogP contribution in [0.25, 0.3) is 0 Å². The van der Waals surface area contributed by atoms with Crippen molar-refractivity contribution in [2.24, 2.45) is 5.92 Å². The van der Waals surface area contributed by atoms with Crippen LogP contribution in [0.3, 0.4) is 0 Å². The fraction of sp³-hybridized carbons (Fsp3) is 0.944. The lowest BCUT2D eigenvalue weighted by atomic mass is 9.99. The van der Waals surface area contributed by atoms with Gasteiger partial charge >= 0.3 is 6.09 Å². The highest BCUT2D eigenvalue weighted by molar-refractivity contribution is 7.86. The second kappa shape index (κ2) is 8.44. The number of carbonyl (C=O) groups is 1. The Labute approximate surface area is 158 Å². The van der Waals surface area contributed by atoms with E-state index in [0.29, 0.717) is 25.6 Å². The van der Waals surface area contributed by atoms with Crippen LogP contribution in [0.4, 0.5) is 4.79 Å². The van der Waals surface area contributed by atoms with Crippen LogP contribution >= 0.6 is 0 Å². The molecule has 3 atom stereocenters. The Morgan fingerprint density at radius 3 is 2.46 bits per heavy atom. The van der Waals surface area contributed by atoms with Crippen molar-refractivity contribution >= 4 is 16.3 Å². The molecule has 2 fully saturated rings. The maximum absolute atomic E-state index is 13.2. The van der Waals surface area contributed by atoms with Gasteiger partial charge in [-0.2, -0.15) is 17.0 Å². The van der Waals surface area contributed by atoms with Crippen LogP contribution in [0, 0.1) is 5.92 Å². The van der Waals surface area contributed by atoms with Crippen molar-refractivity contribution in [3.05, 3.63) is 0 Å². The zero-order valence-corrected chi connectivity index (χ0v) is 17.6. The van der Waals surface area contributed by atoms with Gasteiger partial charge in [0.05, 0.1) is 0 Å². The van der Waals surface area contributed by atoms with Crippen molar-refractivity contribution in [2.75, 3.05) is 19.6 Å². The summed E-state index contributed by atoms with van der Waals surface area (Å²) in [6.45, 7) is 11.1. The Kier molecular flexibility index (Phi) is 6.96. The summed E-state index contributed by atoms with van der Waals surface area (Å²) in [4.78, 5) is 12.1. The van der Waals surface area contributed by atoms with E-state index in [1.165, 1.54) is 0 Å². The van der Waals surface area contributed by atoms with E-state index in [0.717, 1.165) is 32.1 Å². The molecule has 2 heterocycles. The second-order valence-corrected chi connectivity index (χ2v) is 10.6. The van der Waals surface area contributed by atoms with Crippen LogP contribution in [0.2, 0.25) is 0 Å². The largest absolute Gasteiger partial charge is 0.444 e. The number of nitrogens with zero attached hydrogens (tertiary/aromatic N) is 2. The van der Waals surface area contributed by atoms with Crippen LogP contribution in [-0.4, -0.2) is 60.4 Å². The number of amides is 1. The van der Waals surface area contributed by atoms with Gasteiger partial charge in [0.1, 0.15) is 5.60 Å². The standard InChI is InChI=1S/C18H35N3O4S/c1-14-9-8-11-20(13-14)26(23,24)21-12-7-6-10-16(21)15(2)19-17(22)25-18(3,4)5/h14-16H,6-13H2,1-5H3,(H,19,22)/t14-,15+,16+/m1/s1. The Morgan fingerprint density at radius 1 is 1.15 bits per heavy atom. The van der Waals surface area contributed by atoms with Gasteiger partial charge in [-0.1, -0.05) is 13.3 Å². The topological polar surface area (TPSA) is 79.0 Å². The van der Waals surface area contributed by atoms with Crippen molar-refractivity contribution in [3.63, 3.8) is 0 Å². The average molecular weight is 390 g/mol. The summed E-state index contributed by atoms with van der Waals surface area (Å²) in [5.74, 6) is 0.388. The van der Waals surface area contributed by atoms with E-state index in [1.54, 1.807) is 8.61 Å². The first-order valence-corrected chi connectivity index (χ1v) is 11.2. The van der Waals surface area contributed by atoms with Crippen LogP contribution in [0.5, 0.6) is 0 Å². The minimum atomic E-state index is -3.51. The first-order valence-electron chi connectivity index (χ1n) is 9.77. The number of rotatable bonds is 4. The zero-order chi connectivity index (χ0) is 19.5. The number of alkyl carbamates (subject to hydrolysis) is 1. The van der Waals surface area contributed by atoms with E-state index in [9.17, 15) is 13.2 Å². The minimum absolute atomic E-state index is 0.237. The quantitative estimate of drug-likeness (QED) is 0.802. The van der Waals surface area contributed by atoms with Crippen molar-refractivity contribution < 1.29 is 17.9 Å². The van der Waals surface area contributed by atoms with Gasteiger partial charge in [0.15, 0.2) is 0 Å². The monoisotopic (exact) mass is 389 g/mol. The lowest BCUT2D eigenvalue weighted by Crippen LogP contribution is -2.58. The summed E-state index contributed by atoms with van der Waals surface area (Å²) < 4.78 is 35.0. The molecule has 8 heteroatoms. The fourth-order valence-electron chi connectivity index (χ4n) is 3.81. The lowest BCUT2D eigenvalue weighted by Gasteiger charge is -2.42. The van der Waals surface area contributed by atoms with Crippen molar-refractivity contribution in [1.82, 2.24) is 13.9 Å². The molecule has 26 heavy (non-hydrogen) atoms. The molecule has 2 rings (SSSR count). The minimum Gasteiger partial charge on any atom is -0.444 e. The molecule has 0 aromatic carbocycles. The number of ether oxygens (including phenoxy) is 1. The molecule has 0 spiro atoms. The third-order valence-corrected chi connectivity index (χ3v) is 7.09. The van der Waals surface area contributed by atoms with E-state index in [2.05, 4.69) is 12.2 Å². The maximum Gasteiger partial charge on any atom is 0.407 e. The molecule has 1 amide bonds. The summed E-state index contributed by atoms with van der Waals surface area (Å²) in [7, 11) is -3.51. The smallest absolute Gasteiger partial charge is 0.407 e. The van der Waals surface area contributed by atoms with Gasteiger partial charge in [-0.15, -0.1) is 0 Å². The lowest BCUT2D eigenvalue weighted by molar-refractivity contribution is 0.0476. The highest BCUT2D eigenvalue weighted by atomic mass is 32.2. The third-order valence-electron chi connectivity index (χ3n) is 5.06. The van der Waals surface area contributed by atoms with Gasteiger partial charge in [-0.3, -0.25) is 0 Å². The maximum atomic E-state index is 13.2. The molecular weight excluding hydrogens is 354 g/mol. The van der Waals surface area contributed by atoms with E-state index < -0.39 is 21.9 Å². The number of hydrogen-bond acceptors (Lipinski definition) is 4. The summed E-state index contributed by atoms with van der Waals surface area (Å²) in [5, 5.41) is 2.83. The fourth-order valence-corrected chi connectivity index (χ4v) is 5.90. The van der Waals surface area contributed by atoms with Crippen molar-refractivity contribution in [3.8, 4) is 0 Å². The molecule has 0 aliphatic carbocycles. The SMILES string of the molecule is C[C@@H]1CCCN(S(=O)(=O)N2CCCC[C@H]2[C@H](C)NC(=O)OC(C)(C)C)C1. The van der Waals surface area contributed by atoms with E-state index in [4.69, 9.17) is 4.74 Å². The molecule has 0 aromatic rings. The molecule has 0 aromatic heterocycles. The van der Waals surface area contributed by atoms with E-state index in [1.807, 2.05) is 27.7 Å². The van der Waals surface area contributed by atoms with Gasteiger partial charge in [0.25, 0.3) is 10.2 Å². The van der Waals surface area contributed by atoms with Gasteiger partial charge in [0.2, 0.25) is 0 Å². The summed E-state index contributed by atoms with van der Waals surface area (Å²) in [6, 6.07) is -0.541. The molecule has 0 radical (unpaired) electrons. The second-order valence-electron chi connectivity index (χ2n) is 8.72. The van der Waals surface area contributed by atoms with Gasteiger partial charge < -0.3 is 10.1 Å². The first kappa shape index (κ1) is 21.4. The molecular formula is C18H35N3O4S. The average Bonchev–Trinajstić information content (AvgIpc) is 2.53. The number of nitrogens with one attached hydrogen (secondary N) is 1. The summed E-state index contributed by atoms with van der Waals surface area (Å²) >= 11 is 0. The van der Waals surface area contributed by atoms with Gasteiger partial charge in [-0.05, 0) is 59.3 Å². The van der Waals surface area contributed by atoms with Crippen LogP contribution in [0.15, 0.2) is 0 Å². The number of hydrogen-bond donors (Lipinski definition) is 1. The zero-order valence-electron chi connectivity index (χ0n) is 16.8. The van der Waals surface area contributed by atoms with Crippen LogP contribution in [0.1, 0.15) is 66.7 Å². The Hall–Kier alpha value is -0.860.